The maximum absolute atomic E-state index is 6.37. The third-order valence-corrected chi connectivity index (χ3v) is 6.53. The molecular weight excluding hydrogens is 647 g/mol. The molecule has 4 aromatic carbocycles. The fourth-order valence-corrected chi connectivity index (χ4v) is 4.50. The van der Waals surface area contributed by atoms with E-state index in [0.717, 1.165) is 49.6 Å². The minimum absolute atomic E-state index is 0. The monoisotopic (exact) mass is 673 g/mol. The van der Waals surface area contributed by atoms with Crippen LogP contribution in [0.1, 0.15) is 26.3 Å². The van der Waals surface area contributed by atoms with Crippen LogP contribution in [0.5, 0.6) is 11.5 Å². The SMILES string of the molecule is CC(C)(C)c1cc(Oc2[c-]c(-c3cc4ccccc4cn3)ccc2)[c-]c(-c2nccc3ccccc23)c1.[Pt+2]. The molecule has 0 aliphatic heterocycles. The predicted octanol–water partition coefficient (Wildman–Crippen LogP) is 8.80. The van der Waals surface area contributed by atoms with Gasteiger partial charge < -0.3 is 14.7 Å². The van der Waals surface area contributed by atoms with Crippen LogP contribution in [0.4, 0.5) is 0 Å². The van der Waals surface area contributed by atoms with Crippen molar-refractivity contribution in [3.63, 3.8) is 0 Å². The van der Waals surface area contributed by atoms with Gasteiger partial charge in [0.2, 0.25) is 0 Å². The molecule has 2 aromatic heterocycles. The molecule has 0 N–H and O–H groups in total. The second kappa shape index (κ2) is 10.5. The summed E-state index contributed by atoms with van der Waals surface area (Å²) in [5, 5.41) is 4.50. The van der Waals surface area contributed by atoms with Crippen LogP contribution in [0, 0.1) is 12.1 Å². The van der Waals surface area contributed by atoms with Gasteiger partial charge in [0.25, 0.3) is 0 Å². The molecule has 0 aliphatic carbocycles. The van der Waals surface area contributed by atoms with Gasteiger partial charge in [-0.15, -0.1) is 41.0 Å². The van der Waals surface area contributed by atoms with Gasteiger partial charge in [-0.25, -0.2) is 0 Å². The Hall–Kier alpha value is -3.81. The first-order valence-electron chi connectivity index (χ1n) is 12.4. The van der Waals surface area contributed by atoms with Crippen LogP contribution in [0.15, 0.2) is 103 Å². The second-order valence-corrected chi connectivity index (χ2v) is 10.2. The summed E-state index contributed by atoms with van der Waals surface area (Å²) >= 11 is 0. The van der Waals surface area contributed by atoms with Crippen molar-refractivity contribution in [2.75, 3.05) is 0 Å². The zero-order chi connectivity index (χ0) is 25.4. The zero-order valence-corrected chi connectivity index (χ0v) is 23.7. The Kier molecular flexibility index (Phi) is 7.14. The van der Waals surface area contributed by atoms with Crippen LogP contribution in [-0.4, -0.2) is 9.97 Å². The molecule has 3 nitrogen and oxygen atoms in total. The number of hydrogen-bond acceptors (Lipinski definition) is 3. The van der Waals surface area contributed by atoms with E-state index < -0.39 is 0 Å². The van der Waals surface area contributed by atoms with Crippen LogP contribution in [0.3, 0.4) is 0 Å². The molecule has 0 fully saturated rings. The Morgan fingerprint density at radius 2 is 1.39 bits per heavy atom. The van der Waals surface area contributed by atoms with Gasteiger partial charge in [-0.2, -0.15) is 0 Å². The van der Waals surface area contributed by atoms with Gasteiger partial charge in [-0.3, -0.25) is 0 Å². The fraction of sp³-hybridized carbons (Fsp3) is 0.118. The molecule has 188 valence electrons. The van der Waals surface area contributed by atoms with Crippen LogP contribution in [0.25, 0.3) is 44.1 Å². The Bertz CT molecular complexity index is 1750. The molecule has 0 saturated carbocycles. The van der Waals surface area contributed by atoms with E-state index >= 15 is 0 Å². The van der Waals surface area contributed by atoms with Gasteiger partial charge in [-0.05, 0) is 44.4 Å². The largest absolute Gasteiger partial charge is 2.00 e. The quantitative estimate of drug-likeness (QED) is 0.176. The predicted molar refractivity (Wildman–Crippen MR) is 151 cm³/mol. The van der Waals surface area contributed by atoms with E-state index in [1.165, 1.54) is 0 Å². The number of rotatable bonds is 4. The van der Waals surface area contributed by atoms with E-state index in [9.17, 15) is 0 Å². The summed E-state index contributed by atoms with van der Waals surface area (Å²) in [5.74, 6) is 1.25. The fourth-order valence-electron chi connectivity index (χ4n) is 4.50. The summed E-state index contributed by atoms with van der Waals surface area (Å²) in [5.41, 5.74) is 4.62. The van der Waals surface area contributed by atoms with Crippen LogP contribution in [0.2, 0.25) is 0 Å². The molecule has 0 radical (unpaired) electrons. The summed E-state index contributed by atoms with van der Waals surface area (Å²) in [6, 6.07) is 37.6. The second-order valence-electron chi connectivity index (χ2n) is 10.2. The standard InChI is InChI=1S/C34H26N2O.Pt/c1-34(2,3)28-17-27(33-31-14-7-6-9-23(31)15-16-35-33)19-30(21-28)37-29-13-8-12-25(18-29)32-20-24-10-4-5-11-26(24)22-36-32;/h4-17,20-22H,1-3H3;/q-2;+2. The molecule has 6 aromatic rings. The van der Waals surface area contributed by atoms with Gasteiger partial charge in [0.15, 0.2) is 0 Å². The van der Waals surface area contributed by atoms with Gasteiger partial charge in [0, 0.05) is 23.9 Å². The van der Waals surface area contributed by atoms with Gasteiger partial charge in [0.1, 0.15) is 0 Å². The van der Waals surface area contributed by atoms with Crippen LogP contribution < -0.4 is 4.74 Å². The molecule has 6 rings (SSSR count). The first kappa shape index (κ1) is 25.8. The smallest absolute Gasteiger partial charge is 0.497 e. The minimum Gasteiger partial charge on any atom is -0.497 e. The van der Waals surface area contributed by atoms with Crippen molar-refractivity contribution in [1.29, 1.82) is 0 Å². The van der Waals surface area contributed by atoms with Crippen molar-refractivity contribution in [1.82, 2.24) is 9.97 Å². The molecule has 0 aliphatic rings. The Morgan fingerprint density at radius 3 is 2.21 bits per heavy atom. The third kappa shape index (κ3) is 5.26. The Balaban J connectivity index is 0.00000294. The van der Waals surface area contributed by atoms with Crippen LogP contribution >= 0.6 is 0 Å². The molecule has 0 saturated heterocycles. The topological polar surface area (TPSA) is 35.0 Å². The van der Waals surface area contributed by atoms with Gasteiger partial charge in [0.05, 0.1) is 0 Å². The first-order valence-corrected chi connectivity index (χ1v) is 12.4. The first-order chi connectivity index (χ1) is 17.9. The summed E-state index contributed by atoms with van der Waals surface area (Å²) in [4.78, 5) is 9.38. The molecule has 0 atom stereocenters. The maximum Gasteiger partial charge on any atom is 2.00 e. The molecule has 4 heteroatoms. The summed E-state index contributed by atoms with van der Waals surface area (Å²) in [6.07, 6.45) is 3.75. The number of nitrogens with zero attached hydrogens (tertiary/aromatic N) is 2. The summed E-state index contributed by atoms with van der Waals surface area (Å²) in [6.45, 7) is 6.60. The molecular formula is C34H26N2OPt. The van der Waals surface area contributed by atoms with E-state index in [4.69, 9.17) is 9.72 Å². The summed E-state index contributed by atoms with van der Waals surface area (Å²) in [7, 11) is 0. The normalized spacial score (nSPS) is 11.3. The number of benzene rings is 4. The van der Waals surface area contributed by atoms with E-state index in [0.29, 0.717) is 11.5 Å². The van der Waals surface area contributed by atoms with Gasteiger partial charge >= 0.3 is 21.1 Å². The van der Waals surface area contributed by atoms with Crippen molar-refractivity contribution in [2.45, 2.75) is 26.2 Å². The molecule has 0 spiro atoms. The van der Waals surface area contributed by atoms with E-state index in [2.05, 4.69) is 80.4 Å². The van der Waals surface area contributed by atoms with Crippen molar-refractivity contribution in [3.05, 3.63) is 121 Å². The molecule has 0 unspecified atom stereocenters. The third-order valence-electron chi connectivity index (χ3n) is 6.53. The van der Waals surface area contributed by atoms with Crippen molar-refractivity contribution < 1.29 is 25.8 Å². The Morgan fingerprint density at radius 1 is 0.658 bits per heavy atom. The molecule has 2 heterocycles. The molecule has 38 heavy (non-hydrogen) atoms. The number of pyridine rings is 2. The number of fused-ring (bicyclic) bond motifs is 2. The zero-order valence-electron chi connectivity index (χ0n) is 21.4. The number of hydrogen-bond donors (Lipinski definition) is 0. The number of ether oxygens (including phenoxy) is 1. The summed E-state index contributed by atoms with van der Waals surface area (Å²) < 4.78 is 6.37. The van der Waals surface area contributed by atoms with Crippen molar-refractivity contribution >= 4 is 21.5 Å². The van der Waals surface area contributed by atoms with Crippen molar-refractivity contribution in [3.8, 4) is 34.0 Å². The van der Waals surface area contributed by atoms with E-state index in [-0.39, 0.29) is 26.5 Å². The van der Waals surface area contributed by atoms with Crippen molar-refractivity contribution in [2.24, 2.45) is 0 Å². The van der Waals surface area contributed by atoms with Crippen LogP contribution in [-0.2, 0) is 26.5 Å². The average molecular weight is 674 g/mol. The van der Waals surface area contributed by atoms with Gasteiger partial charge in [-0.1, -0.05) is 93.6 Å². The van der Waals surface area contributed by atoms with E-state index in [1.54, 1.807) is 0 Å². The minimum atomic E-state index is -0.0763. The molecule has 0 bridgehead atoms. The maximum atomic E-state index is 6.37. The number of aromatic nitrogens is 2. The van der Waals surface area contributed by atoms with E-state index in [1.807, 2.05) is 60.9 Å². The Labute approximate surface area is 237 Å². The molecule has 0 amide bonds. The average Bonchev–Trinajstić information content (AvgIpc) is 2.92.